The second kappa shape index (κ2) is 5.49. The van der Waals surface area contributed by atoms with Crippen LogP contribution in [0.5, 0.6) is 0 Å². The van der Waals surface area contributed by atoms with Crippen LogP contribution in [0.3, 0.4) is 0 Å². The SMILES string of the molecule is C=CC(C)N1C(=O)c2ccc(-c3ccc4c(c3)C(=O)NC4=O)cc2C1=O. The molecule has 26 heavy (non-hydrogen) atoms. The molecule has 0 aromatic heterocycles. The number of carbonyl (C=O) groups excluding carboxylic acids is 4. The van der Waals surface area contributed by atoms with Crippen molar-refractivity contribution in [3.05, 3.63) is 71.3 Å². The highest BCUT2D eigenvalue weighted by Gasteiger charge is 2.37. The van der Waals surface area contributed by atoms with Crippen LogP contribution in [-0.2, 0) is 0 Å². The maximum atomic E-state index is 12.6. The van der Waals surface area contributed by atoms with Crippen LogP contribution < -0.4 is 5.32 Å². The molecule has 4 amide bonds. The predicted molar refractivity (Wildman–Crippen MR) is 93.8 cm³/mol. The van der Waals surface area contributed by atoms with Crippen molar-refractivity contribution in [2.24, 2.45) is 0 Å². The van der Waals surface area contributed by atoms with Gasteiger partial charge < -0.3 is 0 Å². The topological polar surface area (TPSA) is 83.6 Å². The van der Waals surface area contributed by atoms with Crippen molar-refractivity contribution in [1.29, 1.82) is 0 Å². The number of benzene rings is 2. The number of rotatable bonds is 3. The quantitative estimate of drug-likeness (QED) is 0.683. The van der Waals surface area contributed by atoms with Crippen molar-refractivity contribution < 1.29 is 19.2 Å². The first-order valence-corrected chi connectivity index (χ1v) is 8.07. The van der Waals surface area contributed by atoms with Crippen molar-refractivity contribution in [3.63, 3.8) is 0 Å². The molecule has 2 aliphatic rings. The second-order valence-electron chi connectivity index (χ2n) is 6.26. The maximum absolute atomic E-state index is 12.6. The molecule has 1 unspecified atom stereocenters. The minimum Gasteiger partial charge on any atom is -0.288 e. The van der Waals surface area contributed by atoms with Gasteiger partial charge in [-0.15, -0.1) is 6.58 Å². The molecule has 0 saturated carbocycles. The third-order valence-corrected chi connectivity index (χ3v) is 4.74. The lowest BCUT2D eigenvalue weighted by molar-refractivity contribution is 0.0624. The van der Waals surface area contributed by atoms with E-state index < -0.39 is 17.9 Å². The van der Waals surface area contributed by atoms with Crippen LogP contribution in [-0.4, -0.2) is 34.6 Å². The number of amides is 4. The van der Waals surface area contributed by atoms with E-state index in [1.807, 2.05) is 0 Å². The van der Waals surface area contributed by atoms with Crippen LogP contribution in [0.15, 0.2) is 49.1 Å². The predicted octanol–water partition coefficient (Wildman–Crippen LogP) is 2.41. The number of nitrogens with zero attached hydrogens (tertiary/aromatic N) is 1. The normalized spacial score (nSPS) is 16.4. The summed E-state index contributed by atoms with van der Waals surface area (Å²) in [7, 11) is 0. The monoisotopic (exact) mass is 346 g/mol. The van der Waals surface area contributed by atoms with E-state index in [0.29, 0.717) is 33.4 Å². The highest BCUT2D eigenvalue weighted by molar-refractivity contribution is 6.23. The Kier molecular flexibility index (Phi) is 3.37. The molecule has 6 heteroatoms. The molecule has 1 atom stereocenters. The van der Waals surface area contributed by atoms with Crippen molar-refractivity contribution in [3.8, 4) is 11.1 Å². The fourth-order valence-corrected chi connectivity index (χ4v) is 3.26. The molecule has 2 aromatic rings. The van der Waals surface area contributed by atoms with Crippen LogP contribution >= 0.6 is 0 Å². The number of imide groups is 2. The standard InChI is InChI=1S/C20H14N2O4/c1-3-10(2)22-19(25)14-7-5-12(9-16(14)20(22)26)11-4-6-13-15(8-11)18(24)21-17(13)23/h3-10H,1H2,2H3,(H,21,23,24). The average Bonchev–Trinajstić information content (AvgIpc) is 3.07. The Labute approximate surface area is 149 Å². The Morgan fingerprint density at radius 3 is 2.04 bits per heavy atom. The molecule has 0 spiro atoms. The van der Waals surface area contributed by atoms with Gasteiger partial charge in [0, 0.05) is 0 Å². The van der Waals surface area contributed by atoms with E-state index in [1.165, 1.54) is 4.90 Å². The van der Waals surface area contributed by atoms with Gasteiger partial charge in [-0.25, -0.2) is 0 Å². The van der Waals surface area contributed by atoms with E-state index >= 15 is 0 Å². The van der Waals surface area contributed by atoms with E-state index in [-0.39, 0.29) is 11.8 Å². The molecular weight excluding hydrogens is 332 g/mol. The molecule has 2 aliphatic heterocycles. The third-order valence-electron chi connectivity index (χ3n) is 4.74. The fraction of sp³-hybridized carbons (Fsp3) is 0.100. The summed E-state index contributed by atoms with van der Waals surface area (Å²) < 4.78 is 0. The van der Waals surface area contributed by atoms with E-state index in [4.69, 9.17) is 0 Å². The summed E-state index contributed by atoms with van der Waals surface area (Å²) in [6.45, 7) is 5.36. The van der Waals surface area contributed by atoms with Gasteiger partial charge in [0.2, 0.25) is 0 Å². The zero-order valence-corrected chi connectivity index (χ0v) is 13.9. The minimum absolute atomic E-state index is 0.303. The molecule has 128 valence electrons. The Bertz CT molecular complexity index is 1040. The first-order chi connectivity index (χ1) is 12.4. The average molecular weight is 346 g/mol. The van der Waals surface area contributed by atoms with E-state index in [2.05, 4.69) is 11.9 Å². The molecule has 0 saturated heterocycles. The summed E-state index contributed by atoms with van der Waals surface area (Å²) in [6, 6.07) is 9.48. The van der Waals surface area contributed by atoms with Gasteiger partial charge >= 0.3 is 0 Å². The number of nitrogens with one attached hydrogen (secondary N) is 1. The zero-order chi connectivity index (χ0) is 18.6. The van der Waals surface area contributed by atoms with Gasteiger partial charge in [-0.2, -0.15) is 0 Å². The summed E-state index contributed by atoms with van der Waals surface area (Å²) in [5.41, 5.74) is 2.68. The smallest absolute Gasteiger partial charge is 0.262 e. The van der Waals surface area contributed by atoms with Crippen molar-refractivity contribution in [1.82, 2.24) is 10.2 Å². The van der Waals surface area contributed by atoms with Crippen molar-refractivity contribution in [2.45, 2.75) is 13.0 Å². The summed E-state index contributed by atoms with van der Waals surface area (Å²) in [5, 5.41) is 2.25. The Hall–Kier alpha value is -3.54. The molecule has 0 bridgehead atoms. The van der Waals surface area contributed by atoms with Crippen LogP contribution in [0.4, 0.5) is 0 Å². The van der Waals surface area contributed by atoms with Crippen molar-refractivity contribution >= 4 is 23.6 Å². The summed E-state index contributed by atoms with van der Waals surface area (Å²) >= 11 is 0. The molecule has 2 heterocycles. The molecule has 0 radical (unpaired) electrons. The van der Waals surface area contributed by atoms with Crippen molar-refractivity contribution in [2.75, 3.05) is 0 Å². The number of carbonyl (C=O) groups is 4. The second-order valence-corrected chi connectivity index (χ2v) is 6.26. The van der Waals surface area contributed by atoms with Crippen LogP contribution in [0.25, 0.3) is 11.1 Å². The van der Waals surface area contributed by atoms with E-state index in [9.17, 15) is 19.2 Å². The number of hydrogen-bond acceptors (Lipinski definition) is 4. The fourth-order valence-electron chi connectivity index (χ4n) is 3.26. The summed E-state index contributed by atoms with van der Waals surface area (Å²) in [5.74, 6) is -1.57. The van der Waals surface area contributed by atoms with Gasteiger partial charge in [0.25, 0.3) is 23.6 Å². The highest BCUT2D eigenvalue weighted by atomic mass is 16.2. The Morgan fingerprint density at radius 1 is 0.846 bits per heavy atom. The van der Waals surface area contributed by atoms with Gasteiger partial charge in [-0.3, -0.25) is 29.4 Å². The van der Waals surface area contributed by atoms with E-state index in [0.717, 1.165) is 0 Å². The lowest BCUT2D eigenvalue weighted by Gasteiger charge is -2.18. The first kappa shape index (κ1) is 16.0. The molecular formula is C20H14N2O4. The van der Waals surface area contributed by atoms with Gasteiger partial charge in [0.05, 0.1) is 28.3 Å². The lowest BCUT2D eigenvalue weighted by Crippen LogP contribution is -2.36. The summed E-state index contributed by atoms with van der Waals surface area (Å²) in [6.07, 6.45) is 1.54. The maximum Gasteiger partial charge on any atom is 0.262 e. The largest absolute Gasteiger partial charge is 0.288 e. The van der Waals surface area contributed by atoms with Crippen LogP contribution in [0.2, 0.25) is 0 Å². The van der Waals surface area contributed by atoms with Crippen LogP contribution in [0, 0.1) is 0 Å². The first-order valence-electron chi connectivity index (χ1n) is 8.07. The van der Waals surface area contributed by atoms with Gasteiger partial charge in [-0.1, -0.05) is 18.2 Å². The number of hydrogen-bond donors (Lipinski definition) is 1. The highest BCUT2D eigenvalue weighted by Crippen LogP contribution is 2.31. The molecule has 4 rings (SSSR count). The molecule has 0 fully saturated rings. The van der Waals surface area contributed by atoms with E-state index in [1.54, 1.807) is 49.4 Å². The van der Waals surface area contributed by atoms with Crippen LogP contribution in [0.1, 0.15) is 48.4 Å². The molecule has 1 N–H and O–H groups in total. The number of fused-ring (bicyclic) bond motifs is 2. The molecule has 2 aromatic carbocycles. The molecule has 6 nitrogen and oxygen atoms in total. The Morgan fingerprint density at radius 2 is 1.38 bits per heavy atom. The Balaban J connectivity index is 1.78. The molecule has 0 aliphatic carbocycles. The van der Waals surface area contributed by atoms with Gasteiger partial charge in [-0.05, 0) is 42.3 Å². The van der Waals surface area contributed by atoms with Gasteiger partial charge in [0.15, 0.2) is 0 Å². The summed E-state index contributed by atoms with van der Waals surface area (Å²) in [4.78, 5) is 49.8. The van der Waals surface area contributed by atoms with Gasteiger partial charge in [0.1, 0.15) is 0 Å². The third kappa shape index (κ3) is 2.12. The zero-order valence-electron chi connectivity index (χ0n) is 13.9. The lowest BCUT2D eigenvalue weighted by atomic mass is 9.97. The minimum atomic E-state index is -0.440.